The van der Waals surface area contributed by atoms with Gasteiger partial charge in [-0.25, -0.2) is 4.98 Å². The second-order valence-corrected chi connectivity index (χ2v) is 5.72. The van der Waals surface area contributed by atoms with E-state index in [1.54, 1.807) is 0 Å². The molecule has 5 heteroatoms. The summed E-state index contributed by atoms with van der Waals surface area (Å²) in [5, 5.41) is 0.671. The largest absolute Gasteiger partial charge is 0.330 e. The van der Waals surface area contributed by atoms with Crippen LogP contribution in [-0.4, -0.2) is 40.6 Å². The summed E-state index contributed by atoms with van der Waals surface area (Å²) in [6.07, 6.45) is 3.10. The van der Waals surface area contributed by atoms with Crippen molar-refractivity contribution in [3.8, 4) is 0 Å². The number of rotatable bonds is 1. The van der Waals surface area contributed by atoms with Crippen molar-refractivity contribution >= 4 is 11.6 Å². The standard InChI is InChI=1S/C12H19ClN4/c1-16-4-2-8(7-16)12-15-11(13)10-6-9(14)3-5-17(10)12/h8-9H,2-7,14H2,1H3. The summed E-state index contributed by atoms with van der Waals surface area (Å²) < 4.78 is 2.32. The van der Waals surface area contributed by atoms with Crippen LogP contribution in [0.3, 0.4) is 0 Å². The van der Waals surface area contributed by atoms with Gasteiger partial charge in [-0.05, 0) is 26.4 Å². The van der Waals surface area contributed by atoms with Crippen LogP contribution < -0.4 is 5.73 Å². The first-order valence-electron chi connectivity index (χ1n) is 6.34. The molecule has 3 heterocycles. The second kappa shape index (κ2) is 4.26. The number of hydrogen-bond donors (Lipinski definition) is 1. The van der Waals surface area contributed by atoms with Crippen molar-refractivity contribution < 1.29 is 0 Å². The molecule has 17 heavy (non-hydrogen) atoms. The van der Waals surface area contributed by atoms with Gasteiger partial charge in [0.15, 0.2) is 5.15 Å². The van der Waals surface area contributed by atoms with E-state index in [2.05, 4.69) is 21.5 Å². The highest BCUT2D eigenvalue weighted by atomic mass is 35.5. The molecule has 0 aliphatic carbocycles. The molecular formula is C12H19ClN4. The second-order valence-electron chi connectivity index (χ2n) is 5.36. The molecule has 2 aliphatic rings. The first-order chi connectivity index (χ1) is 8.15. The van der Waals surface area contributed by atoms with Crippen LogP contribution in [0.4, 0.5) is 0 Å². The van der Waals surface area contributed by atoms with E-state index in [4.69, 9.17) is 17.3 Å². The predicted molar refractivity (Wildman–Crippen MR) is 68.4 cm³/mol. The zero-order valence-corrected chi connectivity index (χ0v) is 11.0. The number of fused-ring (bicyclic) bond motifs is 1. The van der Waals surface area contributed by atoms with Gasteiger partial charge < -0.3 is 15.2 Å². The minimum atomic E-state index is 0.246. The molecule has 2 aliphatic heterocycles. The van der Waals surface area contributed by atoms with E-state index >= 15 is 0 Å². The Bertz CT molecular complexity index is 428. The summed E-state index contributed by atoms with van der Waals surface area (Å²) in [6.45, 7) is 3.23. The molecule has 0 amide bonds. The molecule has 2 N–H and O–H groups in total. The lowest BCUT2D eigenvalue weighted by molar-refractivity contribution is 0.402. The zero-order chi connectivity index (χ0) is 12.0. The van der Waals surface area contributed by atoms with E-state index in [0.29, 0.717) is 11.1 Å². The first-order valence-corrected chi connectivity index (χ1v) is 6.72. The van der Waals surface area contributed by atoms with Gasteiger partial charge in [0, 0.05) is 31.5 Å². The fourth-order valence-corrected chi connectivity index (χ4v) is 3.29. The Morgan fingerprint density at radius 3 is 2.88 bits per heavy atom. The molecule has 1 aromatic heterocycles. The first kappa shape index (κ1) is 11.5. The lowest BCUT2D eigenvalue weighted by atomic mass is 10.0. The molecule has 0 radical (unpaired) electrons. The van der Waals surface area contributed by atoms with Crippen LogP contribution in [0.5, 0.6) is 0 Å². The van der Waals surface area contributed by atoms with E-state index in [1.807, 2.05) is 0 Å². The summed E-state index contributed by atoms with van der Waals surface area (Å²) >= 11 is 6.24. The van der Waals surface area contributed by atoms with Gasteiger partial charge in [-0.15, -0.1) is 0 Å². The van der Waals surface area contributed by atoms with Crippen LogP contribution in [0.15, 0.2) is 0 Å². The number of nitrogens with zero attached hydrogens (tertiary/aromatic N) is 3. The molecule has 0 aromatic carbocycles. The average Bonchev–Trinajstić information content (AvgIpc) is 2.84. The third kappa shape index (κ3) is 1.98. The van der Waals surface area contributed by atoms with Crippen molar-refractivity contribution in [2.75, 3.05) is 20.1 Å². The summed E-state index contributed by atoms with van der Waals surface area (Å²) in [5.41, 5.74) is 7.14. The maximum absolute atomic E-state index is 6.24. The summed E-state index contributed by atoms with van der Waals surface area (Å²) in [4.78, 5) is 6.95. The number of halogens is 1. The van der Waals surface area contributed by atoms with Gasteiger partial charge in [-0.3, -0.25) is 0 Å². The lowest BCUT2D eigenvalue weighted by Crippen LogP contribution is -2.31. The molecule has 1 fully saturated rings. The Morgan fingerprint density at radius 1 is 1.35 bits per heavy atom. The molecule has 1 aromatic rings. The molecule has 2 unspecified atom stereocenters. The van der Waals surface area contributed by atoms with Gasteiger partial charge in [-0.1, -0.05) is 11.6 Å². The van der Waals surface area contributed by atoms with Crippen LogP contribution in [0, 0.1) is 0 Å². The minimum absolute atomic E-state index is 0.246. The Morgan fingerprint density at radius 2 is 2.18 bits per heavy atom. The van der Waals surface area contributed by atoms with Crippen LogP contribution in [0.25, 0.3) is 0 Å². The van der Waals surface area contributed by atoms with Crippen molar-refractivity contribution in [3.05, 3.63) is 16.7 Å². The number of aromatic nitrogens is 2. The van der Waals surface area contributed by atoms with Gasteiger partial charge in [0.1, 0.15) is 5.82 Å². The van der Waals surface area contributed by atoms with E-state index in [9.17, 15) is 0 Å². The molecular weight excluding hydrogens is 236 g/mol. The van der Waals surface area contributed by atoms with Crippen molar-refractivity contribution in [1.29, 1.82) is 0 Å². The van der Waals surface area contributed by atoms with E-state index in [0.717, 1.165) is 38.2 Å². The van der Waals surface area contributed by atoms with Crippen LogP contribution in [0.1, 0.15) is 30.3 Å². The predicted octanol–water partition coefficient (Wildman–Crippen LogP) is 1.23. The van der Waals surface area contributed by atoms with Gasteiger partial charge in [-0.2, -0.15) is 0 Å². The molecule has 94 valence electrons. The quantitative estimate of drug-likeness (QED) is 0.820. The maximum Gasteiger partial charge on any atom is 0.150 e. The number of hydrogen-bond acceptors (Lipinski definition) is 3. The Hall–Kier alpha value is -0.580. The van der Waals surface area contributed by atoms with Crippen molar-refractivity contribution in [1.82, 2.24) is 14.5 Å². The molecule has 1 saturated heterocycles. The van der Waals surface area contributed by atoms with Crippen molar-refractivity contribution in [2.24, 2.45) is 5.73 Å². The number of nitrogens with two attached hydrogens (primary N) is 1. The average molecular weight is 255 g/mol. The molecule has 2 atom stereocenters. The number of likely N-dealkylation sites (tertiary alicyclic amines) is 1. The van der Waals surface area contributed by atoms with Gasteiger partial charge in [0.05, 0.1) is 5.69 Å². The van der Waals surface area contributed by atoms with E-state index in [1.165, 1.54) is 12.2 Å². The molecule has 0 bridgehead atoms. The van der Waals surface area contributed by atoms with Crippen LogP contribution in [0.2, 0.25) is 5.15 Å². The third-order valence-electron chi connectivity index (χ3n) is 3.99. The third-order valence-corrected chi connectivity index (χ3v) is 4.29. The summed E-state index contributed by atoms with van der Waals surface area (Å²) in [5.74, 6) is 1.72. The highest BCUT2D eigenvalue weighted by Crippen LogP contribution is 2.31. The van der Waals surface area contributed by atoms with Gasteiger partial charge in [0.25, 0.3) is 0 Å². The summed E-state index contributed by atoms with van der Waals surface area (Å²) in [6, 6.07) is 0.246. The summed E-state index contributed by atoms with van der Waals surface area (Å²) in [7, 11) is 2.16. The minimum Gasteiger partial charge on any atom is -0.330 e. The Labute approximate surface area is 107 Å². The molecule has 0 saturated carbocycles. The molecule has 3 rings (SSSR count). The maximum atomic E-state index is 6.24. The van der Waals surface area contributed by atoms with E-state index < -0.39 is 0 Å². The fourth-order valence-electron chi connectivity index (χ4n) is 3.02. The van der Waals surface area contributed by atoms with E-state index in [-0.39, 0.29) is 6.04 Å². The molecule has 4 nitrogen and oxygen atoms in total. The number of likely N-dealkylation sites (N-methyl/N-ethyl adjacent to an activating group) is 1. The normalized spacial score (nSPS) is 29.6. The molecule has 0 spiro atoms. The lowest BCUT2D eigenvalue weighted by Gasteiger charge is -2.23. The highest BCUT2D eigenvalue weighted by Gasteiger charge is 2.30. The van der Waals surface area contributed by atoms with Gasteiger partial charge in [0.2, 0.25) is 0 Å². The Kier molecular flexibility index (Phi) is 2.89. The number of imidazole rings is 1. The Balaban J connectivity index is 1.93. The monoisotopic (exact) mass is 254 g/mol. The highest BCUT2D eigenvalue weighted by molar-refractivity contribution is 6.30. The topological polar surface area (TPSA) is 47.1 Å². The zero-order valence-electron chi connectivity index (χ0n) is 10.2. The van der Waals surface area contributed by atoms with Gasteiger partial charge >= 0.3 is 0 Å². The van der Waals surface area contributed by atoms with Crippen LogP contribution in [-0.2, 0) is 13.0 Å². The smallest absolute Gasteiger partial charge is 0.150 e. The van der Waals surface area contributed by atoms with Crippen molar-refractivity contribution in [3.63, 3.8) is 0 Å². The van der Waals surface area contributed by atoms with Crippen molar-refractivity contribution in [2.45, 2.75) is 37.8 Å². The van der Waals surface area contributed by atoms with Crippen LogP contribution >= 0.6 is 11.6 Å². The SMILES string of the molecule is CN1CCC(c2nc(Cl)c3n2CCC(N)C3)C1. The fraction of sp³-hybridized carbons (Fsp3) is 0.750.